The van der Waals surface area contributed by atoms with Crippen LogP contribution in [-0.4, -0.2) is 34.6 Å². The van der Waals surface area contributed by atoms with Crippen molar-refractivity contribution >= 4 is 17.8 Å². The fourth-order valence-corrected chi connectivity index (χ4v) is 11.5. The average Bonchev–Trinajstić information content (AvgIpc) is 3.23. The highest BCUT2D eigenvalue weighted by molar-refractivity contribution is 5.86. The highest BCUT2D eigenvalue weighted by atomic mass is 16.4. The van der Waals surface area contributed by atoms with Gasteiger partial charge in [-0.15, -0.1) is 0 Å². The zero-order valence-electron chi connectivity index (χ0n) is 24.7. The minimum atomic E-state index is -0.937. The molecule has 0 spiro atoms. The minimum Gasteiger partial charge on any atom is -0.481 e. The van der Waals surface area contributed by atoms with Gasteiger partial charge in [0.25, 0.3) is 5.97 Å². The zero-order valence-corrected chi connectivity index (χ0v) is 24.7. The summed E-state index contributed by atoms with van der Waals surface area (Å²) in [4.78, 5) is 33.8. The van der Waals surface area contributed by atoms with Gasteiger partial charge in [0.15, 0.2) is 0 Å². The standard InChI is InChI=1S/C30H49NO3.C2H4O2/c1-18(2)20-10-15-30(27(34)31-17-25(32)33)16-12-23-21(26(20)30)8-9-24-28(4)13-6-7-19(3)22(28)11-14-29(23,24)5;1-2(3)4/h18-24,26H,6-17H2,1-5H3,(H,31,34)(H,32,33);1H3,(H,3,4). The summed E-state index contributed by atoms with van der Waals surface area (Å²) in [5, 5.41) is 19.5. The van der Waals surface area contributed by atoms with E-state index in [4.69, 9.17) is 9.90 Å². The molecule has 0 radical (unpaired) electrons. The summed E-state index contributed by atoms with van der Waals surface area (Å²) >= 11 is 0. The molecule has 0 bridgehead atoms. The topological polar surface area (TPSA) is 104 Å². The van der Waals surface area contributed by atoms with E-state index in [0.717, 1.165) is 56.3 Å². The van der Waals surface area contributed by atoms with Crippen LogP contribution in [0.15, 0.2) is 0 Å². The molecule has 38 heavy (non-hydrogen) atoms. The first kappa shape index (κ1) is 29.4. The van der Waals surface area contributed by atoms with Crippen LogP contribution in [-0.2, 0) is 14.4 Å². The molecule has 1 amide bonds. The molecule has 5 rings (SSSR count). The van der Waals surface area contributed by atoms with Gasteiger partial charge in [0, 0.05) is 6.92 Å². The maximum Gasteiger partial charge on any atom is 0.322 e. The second-order valence-corrected chi connectivity index (χ2v) is 14.7. The summed E-state index contributed by atoms with van der Waals surface area (Å²) in [5.74, 6) is 3.82. The van der Waals surface area contributed by atoms with Crippen LogP contribution in [0.4, 0.5) is 0 Å². The molecule has 3 N–H and O–H groups in total. The molecule has 6 nitrogen and oxygen atoms in total. The lowest BCUT2D eigenvalue weighted by Gasteiger charge is -2.67. The Morgan fingerprint density at radius 2 is 1.47 bits per heavy atom. The zero-order chi connectivity index (χ0) is 28.0. The Balaban J connectivity index is 0.000000786. The number of carbonyl (C=O) groups is 3. The molecule has 0 saturated heterocycles. The molecular formula is C32H53NO5. The molecule has 216 valence electrons. The second kappa shape index (κ2) is 10.8. The highest BCUT2D eigenvalue weighted by Crippen LogP contribution is 2.72. The van der Waals surface area contributed by atoms with E-state index in [-0.39, 0.29) is 17.9 Å². The number of rotatable bonds is 4. The number of carboxylic acids is 2. The van der Waals surface area contributed by atoms with Crippen molar-refractivity contribution in [2.45, 2.75) is 112 Å². The Hall–Kier alpha value is -1.59. The average molecular weight is 532 g/mol. The Labute approximate surface area is 230 Å². The van der Waals surface area contributed by atoms with Crippen molar-refractivity contribution in [2.24, 2.45) is 63.6 Å². The third-order valence-electron chi connectivity index (χ3n) is 12.7. The van der Waals surface area contributed by atoms with Crippen molar-refractivity contribution in [1.29, 1.82) is 0 Å². The third kappa shape index (κ3) is 4.80. The summed E-state index contributed by atoms with van der Waals surface area (Å²) in [5.41, 5.74) is 0.560. The number of amides is 1. The van der Waals surface area contributed by atoms with E-state index in [9.17, 15) is 14.7 Å². The molecule has 0 aromatic carbocycles. The van der Waals surface area contributed by atoms with Crippen LogP contribution >= 0.6 is 0 Å². The first-order valence-corrected chi connectivity index (χ1v) is 15.5. The Morgan fingerprint density at radius 3 is 2.11 bits per heavy atom. The molecule has 0 aromatic rings. The van der Waals surface area contributed by atoms with E-state index in [0.29, 0.717) is 34.5 Å². The van der Waals surface area contributed by atoms with Gasteiger partial charge in [0.1, 0.15) is 6.54 Å². The number of nitrogens with one attached hydrogen (secondary N) is 1. The minimum absolute atomic E-state index is 0.0468. The first-order valence-electron chi connectivity index (χ1n) is 15.5. The molecule has 5 aliphatic carbocycles. The van der Waals surface area contributed by atoms with E-state index >= 15 is 0 Å². The van der Waals surface area contributed by atoms with Gasteiger partial charge < -0.3 is 15.5 Å². The van der Waals surface area contributed by atoms with Crippen LogP contribution in [0.5, 0.6) is 0 Å². The number of carboxylic acid groups (broad SMARTS) is 2. The van der Waals surface area contributed by atoms with Gasteiger partial charge in [-0.1, -0.05) is 47.5 Å². The third-order valence-corrected chi connectivity index (χ3v) is 12.7. The quantitative estimate of drug-likeness (QED) is 0.378. The Bertz CT molecular complexity index is 914. The number of aliphatic carboxylic acids is 2. The van der Waals surface area contributed by atoms with Crippen LogP contribution in [0.1, 0.15) is 112 Å². The van der Waals surface area contributed by atoms with Crippen LogP contribution in [0.2, 0.25) is 0 Å². The van der Waals surface area contributed by atoms with E-state index in [1.807, 2.05) is 0 Å². The van der Waals surface area contributed by atoms with E-state index in [2.05, 4.69) is 39.9 Å². The number of fused-ring (bicyclic) bond motifs is 7. The van der Waals surface area contributed by atoms with Gasteiger partial charge in [0.05, 0.1) is 5.41 Å². The van der Waals surface area contributed by atoms with Gasteiger partial charge in [-0.2, -0.15) is 0 Å². The van der Waals surface area contributed by atoms with Crippen molar-refractivity contribution in [3.63, 3.8) is 0 Å². The van der Waals surface area contributed by atoms with Gasteiger partial charge in [-0.25, -0.2) is 0 Å². The van der Waals surface area contributed by atoms with Gasteiger partial charge in [-0.3, -0.25) is 14.4 Å². The maximum atomic E-state index is 13.6. The predicted molar refractivity (Wildman–Crippen MR) is 148 cm³/mol. The number of carbonyl (C=O) groups excluding carboxylic acids is 1. The van der Waals surface area contributed by atoms with Gasteiger partial charge >= 0.3 is 5.97 Å². The summed E-state index contributed by atoms with van der Waals surface area (Å²) in [6.07, 6.45) is 13.8. The lowest BCUT2D eigenvalue weighted by molar-refractivity contribution is -0.190. The SMILES string of the molecule is CC(=O)O.CC(C)C1CCC2(C(=O)NCC(=O)O)CCC3C(CCC4C5(C)CCCC(C)C5CCC34C)C12. The van der Waals surface area contributed by atoms with E-state index in [1.165, 1.54) is 44.9 Å². The smallest absolute Gasteiger partial charge is 0.322 e. The van der Waals surface area contributed by atoms with Crippen molar-refractivity contribution in [1.82, 2.24) is 5.32 Å². The molecule has 0 aromatic heterocycles. The number of hydrogen-bond acceptors (Lipinski definition) is 3. The molecular weight excluding hydrogens is 478 g/mol. The van der Waals surface area contributed by atoms with Crippen LogP contribution < -0.4 is 5.32 Å². The predicted octanol–water partition coefficient (Wildman–Crippen LogP) is 6.63. The molecule has 0 heterocycles. The summed E-state index contributed by atoms with van der Waals surface area (Å²) < 4.78 is 0. The van der Waals surface area contributed by atoms with Crippen LogP contribution in [0.3, 0.4) is 0 Å². The molecule has 10 atom stereocenters. The van der Waals surface area contributed by atoms with E-state index < -0.39 is 11.9 Å². The van der Waals surface area contributed by atoms with Crippen molar-refractivity contribution in [2.75, 3.05) is 6.54 Å². The van der Waals surface area contributed by atoms with Crippen LogP contribution in [0.25, 0.3) is 0 Å². The lowest BCUT2D eigenvalue weighted by atomic mass is 9.37. The monoisotopic (exact) mass is 531 g/mol. The second-order valence-electron chi connectivity index (χ2n) is 14.7. The van der Waals surface area contributed by atoms with Crippen molar-refractivity contribution in [3.05, 3.63) is 0 Å². The molecule has 10 unspecified atom stereocenters. The van der Waals surface area contributed by atoms with Crippen LogP contribution in [0, 0.1) is 63.6 Å². The number of hydrogen-bond donors (Lipinski definition) is 3. The first-order chi connectivity index (χ1) is 17.8. The van der Waals surface area contributed by atoms with Crippen molar-refractivity contribution < 1.29 is 24.6 Å². The maximum absolute atomic E-state index is 13.6. The van der Waals surface area contributed by atoms with Gasteiger partial charge in [0.2, 0.25) is 5.91 Å². The largest absolute Gasteiger partial charge is 0.481 e. The summed E-state index contributed by atoms with van der Waals surface area (Å²) in [6.45, 7) is 13.4. The van der Waals surface area contributed by atoms with E-state index in [1.54, 1.807) is 0 Å². The summed E-state index contributed by atoms with van der Waals surface area (Å²) in [7, 11) is 0. The fourth-order valence-electron chi connectivity index (χ4n) is 11.5. The molecule has 5 aliphatic rings. The Morgan fingerprint density at radius 1 is 0.868 bits per heavy atom. The molecule has 5 saturated carbocycles. The lowest BCUT2D eigenvalue weighted by Crippen LogP contribution is -2.62. The fraction of sp³-hybridized carbons (Fsp3) is 0.906. The van der Waals surface area contributed by atoms with Gasteiger partial charge in [-0.05, 0) is 116 Å². The Kier molecular flexibility index (Phi) is 8.33. The summed E-state index contributed by atoms with van der Waals surface area (Å²) in [6, 6.07) is 0. The molecule has 6 heteroatoms. The normalized spacial score (nSPS) is 45.4. The van der Waals surface area contributed by atoms with Crippen molar-refractivity contribution in [3.8, 4) is 0 Å². The highest BCUT2D eigenvalue weighted by Gasteiger charge is 2.66. The molecule has 5 fully saturated rings. The molecule has 0 aliphatic heterocycles.